The van der Waals surface area contributed by atoms with Crippen LogP contribution in [0.25, 0.3) is 0 Å². The predicted octanol–water partition coefficient (Wildman–Crippen LogP) is 1.06. The van der Waals surface area contributed by atoms with Crippen LogP contribution in [0.15, 0.2) is 30.3 Å². The molecule has 1 saturated heterocycles. The normalized spacial score (nSPS) is 20.8. The molecule has 0 aromatic heterocycles. The van der Waals surface area contributed by atoms with Crippen molar-refractivity contribution in [1.82, 2.24) is 5.32 Å². The van der Waals surface area contributed by atoms with Gasteiger partial charge in [0.2, 0.25) is 5.91 Å². The first-order chi connectivity index (χ1) is 9.25. The van der Waals surface area contributed by atoms with Crippen LogP contribution in [0.5, 0.6) is 0 Å². The quantitative estimate of drug-likeness (QED) is 0.793. The van der Waals surface area contributed by atoms with E-state index in [2.05, 4.69) is 17.9 Å². The monoisotopic (exact) mass is 281 g/mol. The highest BCUT2D eigenvalue weighted by atomic mass is 32.1. The van der Waals surface area contributed by atoms with Gasteiger partial charge < -0.3 is 14.8 Å². The minimum absolute atomic E-state index is 0.0463. The zero-order valence-corrected chi connectivity index (χ0v) is 11.6. The van der Waals surface area contributed by atoms with Gasteiger partial charge in [0, 0.05) is 6.54 Å². The number of amides is 1. The summed E-state index contributed by atoms with van der Waals surface area (Å²) in [5.41, 5.74) is 1.11. The maximum atomic E-state index is 11.9. The van der Waals surface area contributed by atoms with Gasteiger partial charge in [-0.25, -0.2) is 0 Å². The lowest BCUT2D eigenvalue weighted by Crippen LogP contribution is -2.42. The average molecular weight is 281 g/mol. The summed E-state index contributed by atoms with van der Waals surface area (Å²) in [6.07, 6.45) is 0.576. The SMILES string of the molecule is O=C(NCC1COCCO1)C(S)Cc1ccccc1. The molecule has 0 aliphatic carbocycles. The summed E-state index contributed by atoms with van der Waals surface area (Å²) in [5, 5.41) is 2.51. The number of thiol groups is 1. The van der Waals surface area contributed by atoms with E-state index in [0.29, 0.717) is 32.8 Å². The molecule has 1 amide bonds. The zero-order chi connectivity index (χ0) is 13.5. The Bertz CT molecular complexity index is 393. The number of ether oxygens (including phenoxy) is 2. The molecule has 5 heteroatoms. The summed E-state index contributed by atoms with van der Waals surface area (Å²) in [6, 6.07) is 9.86. The Morgan fingerprint density at radius 3 is 2.84 bits per heavy atom. The molecular formula is C14H19NO3S. The van der Waals surface area contributed by atoms with Gasteiger partial charge in [-0.1, -0.05) is 30.3 Å². The molecule has 1 N–H and O–H groups in total. The Kier molecular flexibility index (Phi) is 5.69. The van der Waals surface area contributed by atoms with Gasteiger partial charge in [0.05, 0.1) is 31.2 Å². The Morgan fingerprint density at radius 1 is 1.37 bits per heavy atom. The summed E-state index contributed by atoms with van der Waals surface area (Å²) >= 11 is 4.35. The maximum Gasteiger partial charge on any atom is 0.233 e. The molecule has 1 aliphatic rings. The molecule has 1 aromatic rings. The van der Waals surface area contributed by atoms with E-state index < -0.39 is 0 Å². The van der Waals surface area contributed by atoms with E-state index in [1.807, 2.05) is 30.3 Å². The van der Waals surface area contributed by atoms with Crippen LogP contribution in [0.1, 0.15) is 5.56 Å². The number of rotatable bonds is 5. The Morgan fingerprint density at radius 2 is 2.16 bits per heavy atom. The van der Waals surface area contributed by atoms with Crippen molar-refractivity contribution in [3.05, 3.63) is 35.9 Å². The number of hydrogen-bond acceptors (Lipinski definition) is 4. The maximum absolute atomic E-state index is 11.9. The number of nitrogens with one attached hydrogen (secondary N) is 1. The van der Waals surface area contributed by atoms with Gasteiger partial charge in [-0.2, -0.15) is 12.6 Å². The highest BCUT2D eigenvalue weighted by Crippen LogP contribution is 2.08. The van der Waals surface area contributed by atoms with Gasteiger partial charge in [0.1, 0.15) is 0 Å². The Hall–Kier alpha value is -1.04. The summed E-state index contributed by atoms with van der Waals surface area (Å²) in [5.74, 6) is -0.0682. The van der Waals surface area contributed by atoms with Gasteiger partial charge in [-0.15, -0.1) is 0 Å². The van der Waals surface area contributed by atoms with Crippen LogP contribution in [0.4, 0.5) is 0 Å². The topological polar surface area (TPSA) is 47.6 Å². The molecule has 1 aliphatic heterocycles. The van der Waals surface area contributed by atoms with Crippen LogP contribution in [0.2, 0.25) is 0 Å². The Labute approximate surface area is 118 Å². The molecule has 1 aromatic carbocycles. The van der Waals surface area contributed by atoms with Crippen LogP contribution < -0.4 is 5.32 Å². The highest BCUT2D eigenvalue weighted by molar-refractivity contribution is 7.81. The fourth-order valence-electron chi connectivity index (χ4n) is 1.92. The molecule has 2 rings (SSSR count). The summed E-state index contributed by atoms with van der Waals surface area (Å²) in [6.45, 7) is 2.24. The molecule has 2 atom stereocenters. The van der Waals surface area contributed by atoms with E-state index in [1.165, 1.54) is 0 Å². The number of benzene rings is 1. The Balaban J connectivity index is 1.73. The number of carbonyl (C=O) groups is 1. The van der Waals surface area contributed by atoms with Crippen LogP contribution in [0, 0.1) is 0 Å². The molecule has 0 spiro atoms. The van der Waals surface area contributed by atoms with E-state index in [0.717, 1.165) is 5.56 Å². The van der Waals surface area contributed by atoms with Crippen LogP contribution >= 0.6 is 12.6 Å². The van der Waals surface area contributed by atoms with Crippen molar-refractivity contribution in [3.8, 4) is 0 Å². The average Bonchev–Trinajstić information content (AvgIpc) is 2.47. The fourth-order valence-corrected chi connectivity index (χ4v) is 2.22. The van der Waals surface area contributed by atoms with Crippen molar-refractivity contribution < 1.29 is 14.3 Å². The summed E-state index contributed by atoms with van der Waals surface area (Å²) in [7, 11) is 0. The largest absolute Gasteiger partial charge is 0.376 e. The first-order valence-electron chi connectivity index (χ1n) is 6.45. The molecule has 1 fully saturated rings. The van der Waals surface area contributed by atoms with Gasteiger partial charge >= 0.3 is 0 Å². The highest BCUT2D eigenvalue weighted by Gasteiger charge is 2.18. The lowest BCUT2D eigenvalue weighted by molar-refractivity contribution is -0.123. The molecule has 104 valence electrons. The van der Waals surface area contributed by atoms with Crippen molar-refractivity contribution in [3.63, 3.8) is 0 Å². The lowest BCUT2D eigenvalue weighted by Gasteiger charge is -2.23. The van der Waals surface area contributed by atoms with E-state index in [1.54, 1.807) is 0 Å². The minimum Gasteiger partial charge on any atom is -0.376 e. The van der Waals surface area contributed by atoms with Gasteiger partial charge in [0.15, 0.2) is 0 Å². The fraction of sp³-hybridized carbons (Fsp3) is 0.500. The predicted molar refractivity (Wildman–Crippen MR) is 76.5 cm³/mol. The van der Waals surface area contributed by atoms with E-state index >= 15 is 0 Å². The third-order valence-electron chi connectivity index (χ3n) is 2.96. The van der Waals surface area contributed by atoms with E-state index in [9.17, 15) is 4.79 Å². The standard InChI is InChI=1S/C14H19NO3S/c16-14(15-9-12-10-17-6-7-18-12)13(19)8-11-4-2-1-3-5-11/h1-5,12-13,19H,6-10H2,(H,15,16). The lowest BCUT2D eigenvalue weighted by atomic mass is 10.1. The van der Waals surface area contributed by atoms with Crippen LogP contribution in [0.3, 0.4) is 0 Å². The van der Waals surface area contributed by atoms with Crippen molar-refractivity contribution >= 4 is 18.5 Å². The molecule has 0 saturated carbocycles. The van der Waals surface area contributed by atoms with Crippen molar-refractivity contribution in [2.24, 2.45) is 0 Å². The molecular weight excluding hydrogens is 262 g/mol. The van der Waals surface area contributed by atoms with Crippen LogP contribution in [-0.2, 0) is 20.7 Å². The van der Waals surface area contributed by atoms with Crippen molar-refractivity contribution in [2.45, 2.75) is 17.8 Å². The first-order valence-corrected chi connectivity index (χ1v) is 6.96. The minimum atomic E-state index is -0.341. The van der Waals surface area contributed by atoms with Gasteiger partial charge in [-0.05, 0) is 12.0 Å². The second kappa shape index (κ2) is 7.53. The summed E-state index contributed by atoms with van der Waals surface area (Å²) in [4.78, 5) is 11.9. The summed E-state index contributed by atoms with van der Waals surface area (Å²) < 4.78 is 10.7. The molecule has 19 heavy (non-hydrogen) atoms. The van der Waals surface area contributed by atoms with Gasteiger partial charge in [0.25, 0.3) is 0 Å². The third-order valence-corrected chi connectivity index (χ3v) is 3.38. The number of carbonyl (C=O) groups excluding carboxylic acids is 1. The molecule has 0 bridgehead atoms. The smallest absolute Gasteiger partial charge is 0.233 e. The van der Waals surface area contributed by atoms with E-state index in [-0.39, 0.29) is 17.3 Å². The molecule has 1 heterocycles. The van der Waals surface area contributed by atoms with E-state index in [4.69, 9.17) is 9.47 Å². The molecule has 0 radical (unpaired) electrons. The third kappa shape index (κ3) is 4.86. The van der Waals surface area contributed by atoms with Crippen molar-refractivity contribution in [1.29, 1.82) is 0 Å². The van der Waals surface area contributed by atoms with Crippen LogP contribution in [-0.4, -0.2) is 43.6 Å². The molecule has 2 unspecified atom stereocenters. The number of hydrogen-bond donors (Lipinski definition) is 2. The van der Waals surface area contributed by atoms with Gasteiger partial charge in [-0.3, -0.25) is 4.79 Å². The second-order valence-corrected chi connectivity index (χ2v) is 5.14. The van der Waals surface area contributed by atoms with Crippen molar-refractivity contribution in [2.75, 3.05) is 26.4 Å². The first kappa shape index (κ1) is 14.4. The molecule has 4 nitrogen and oxygen atoms in total. The second-order valence-electron chi connectivity index (χ2n) is 4.52. The zero-order valence-electron chi connectivity index (χ0n) is 10.7.